The zero-order valence-electron chi connectivity index (χ0n) is 12.9. The molecule has 0 aliphatic rings. The molecule has 0 saturated heterocycles. The Bertz CT molecular complexity index is 255. The minimum atomic E-state index is -2.06. The van der Waals surface area contributed by atoms with Gasteiger partial charge < -0.3 is 19.3 Å². The standard InChI is InChI=1S/C13H29NO4Si/c1-6-17-19(5,18-7-2)10-8-9-14-12(11(3)4)13(15)16/h11-12,14H,6-10H2,1-5H3,(H,15,16)/t12-/m0/s1. The molecule has 19 heavy (non-hydrogen) atoms. The van der Waals surface area contributed by atoms with E-state index in [9.17, 15) is 4.79 Å². The van der Waals surface area contributed by atoms with Crippen LogP contribution in [0.1, 0.15) is 34.1 Å². The summed E-state index contributed by atoms with van der Waals surface area (Å²) in [5, 5.41) is 12.2. The van der Waals surface area contributed by atoms with Gasteiger partial charge in [0.1, 0.15) is 6.04 Å². The first kappa shape index (κ1) is 18.6. The summed E-state index contributed by atoms with van der Waals surface area (Å²) < 4.78 is 11.5. The highest BCUT2D eigenvalue weighted by atomic mass is 28.4. The lowest BCUT2D eigenvalue weighted by Gasteiger charge is -2.26. The highest BCUT2D eigenvalue weighted by Crippen LogP contribution is 2.15. The molecule has 114 valence electrons. The Balaban J connectivity index is 4.08. The molecule has 0 aliphatic carbocycles. The van der Waals surface area contributed by atoms with Crippen LogP contribution in [-0.2, 0) is 13.6 Å². The van der Waals surface area contributed by atoms with E-state index in [0.29, 0.717) is 19.8 Å². The van der Waals surface area contributed by atoms with E-state index in [1.165, 1.54) is 0 Å². The average Bonchev–Trinajstić information content (AvgIpc) is 2.28. The number of rotatable bonds is 11. The third-order valence-corrected chi connectivity index (χ3v) is 6.06. The van der Waals surface area contributed by atoms with Crippen LogP contribution in [0.4, 0.5) is 0 Å². The third kappa shape index (κ3) is 7.66. The van der Waals surface area contributed by atoms with Crippen LogP contribution in [0.25, 0.3) is 0 Å². The molecule has 0 spiro atoms. The maximum absolute atomic E-state index is 11.0. The monoisotopic (exact) mass is 291 g/mol. The quantitative estimate of drug-likeness (QED) is 0.451. The van der Waals surface area contributed by atoms with Gasteiger partial charge in [-0.2, -0.15) is 0 Å². The van der Waals surface area contributed by atoms with E-state index in [-0.39, 0.29) is 5.92 Å². The Labute approximate surface area is 117 Å². The van der Waals surface area contributed by atoms with Crippen molar-refractivity contribution >= 4 is 14.5 Å². The maximum Gasteiger partial charge on any atom is 0.334 e. The molecule has 0 rings (SSSR count). The van der Waals surface area contributed by atoms with E-state index >= 15 is 0 Å². The third-order valence-electron chi connectivity index (χ3n) is 3.00. The molecular weight excluding hydrogens is 262 g/mol. The smallest absolute Gasteiger partial charge is 0.334 e. The zero-order chi connectivity index (χ0) is 14.9. The summed E-state index contributed by atoms with van der Waals surface area (Å²) in [6.45, 7) is 11.8. The first-order valence-electron chi connectivity index (χ1n) is 7.10. The molecule has 0 aliphatic heterocycles. The molecule has 0 fully saturated rings. The summed E-state index contributed by atoms with van der Waals surface area (Å²) in [5.74, 6) is -0.704. The predicted octanol–water partition coefficient (Wildman–Crippen LogP) is 2.22. The molecule has 0 aromatic carbocycles. The molecule has 0 aromatic heterocycles. The number of hydrogen-bond acceptors (Lipinski definition) is 4. The summed E-state index contributed by atoms with van der Waals surface area (Å²) in [7, 11) is -2.06. The van der Waals surface area contributed by atoms with Crippen molar-refractivity contribution in [1.82, 2.24) is 5.32 Å². The highest BCUT2D eigenvalue weighted by Gasteiger charge is 2.30. The second kappa shape index (κ2) is 9.47. The first-order valence-corrected chi connectivity index (χ1v) is 9.62. The van der Waals surface area contributed by atoms with Gasteiger partial charge in [0.25, 0.3) is 0 Å². The fourth-order valence-electron chi connectivity index (χ4n) is 2.07. The molecule has 0 radical (unpaired) electrons. The molecule has 0 amide bonds. The van der Waals surface area contributed by atoms with E-state index in [2.05, 4.69) is 11.9 Å². The Morgan fingerprint density at radius 1 is 1.26 bits per heavy atom. The Morgan fingerprint density at radius 2 is 1.79 bits per heavy atom. The fraction of sp³-hybridized carbons (Fsp3) is 0.923. The molecule has 0 unspecified atom stereocenters. The van der Waals surface area contributed by atoms with Crippen molar-refractivity contribution < 1.29 is 18.8 Å². The minimum Gasteiger partial charge on any atom is -0.480 e. The van der Waals surface area contributed by atoms with Gasteiger partial charge in [-0.1, -0.05) is 13.8 Å². The van der Waals surface area contributed by atoms with E-state index < -0.39 is 20.6 Å². The summed E-state index contributed by atoms with van der Waals surface area (Å²) in [5.41, 5.74) is 0. The van der Waals surface area contributed by atoms with Crippen LogP contribution in [0.15, 0.2) is 0 Å². The van der Waals surface area contributed by atoms with E-state index in [4.69, 9.17) is 14.0 Å². The van der Waals surface area contributed by atoms with Gasteiger partial charge in [0.2, 0.25) is 0 Å². The lowest BCUT2D eigenvalue weighted by Crippen LogP contribution is -2.43. The first-order chi connectivity index (χ1) is 8.86. The van der Waals surface area contributed by atoms with Crippen LogP contribution < -0.4 is 5.32 Å². The van der Waals surface area contributed by atoms with Crippen molar-refractivity contribution in [2.45, 2.75) is 52.7 Å². The van der Waals surface area contributed by atoms with Crippen LogP contribution in [-0.4, -0.2) is 45.4 Å². The van der Waals surface area contributed by atoms with Crippen LogP contribution in [0.5, 0.6) is 0 Å². The summed E-state index contributed by atoms with van der Waals surface area (Å²) in [6.07, 6.45) is 0.874. The number of hydrogen-bond donors (Lipinski definition) is 2. The normalized spacial score (nSPS) is 13.8. The van der Waals surface area contributed by atoms with Crippen LogP contribution in [0.3, 0.4) is 0 Å². The number of aliphatic carboxylic acids is 1. The molecule has 5 nitrogen and oxygen atoms in total. The topological polar surface area (TPSA) is 67.8 Å². The molecule has 6 heteroatoms. The molecule has 1 atom stereocenters. The average molecular weight is 291 g/mol. The van der Waals surface area contributed by atoms with Gasteiger partial charge in [0, 0.05) is 13.2 Å². The van der Waals surface area contributed by atoms with Crippen molar-refractivity contribution in [2.75, 3.05) is 19.8 Å². The van der Waals surface area contributed by atoms with Crippen molar-refractivity contribution in [3.63, 3.8) is 0 Å². The Morgan fingerprint density at radius 3 is 2.16 bits per heavy atom. The van der Waals surface area contributed by atoms with Gasteiger partial charge in [-0.3, -0.25) is 4.79 Å². The number of nitrogens with one attached hydrogen (secondary N) is 1. The second-order valence-corrected chi connectivity index (χ2v) is 8.46. The number of carbonyl (C=O) groups is 1. The van der Waals surface area contributed by atoms with Gasteiger partial charge in [-0.05, 0) is 45.3 Å². The van der Waals surface area contributed by atoms with Crippen LogP contribution >= 0.6 is 0 Å². The fourth-order valence-corrected chi connectivity index (χ4v) is 4.48. The van der Waals surface area contributed by atoms with Crippen molar-refractivity contribution in [3.8, 4) is 0 Å². The van der Waals surface area contributed by atoms with Crippen molar-refractivity contribution in [3.05, 3.63) is 0 Å². The van der Waals surface area contributed by atoms with Gasteiger partial charge >= 0.3 is 14.5 Å². The Kier molecular flexibility index (Phi) is 9.25. The van der Waals surface area contributed by atoms with Gasteiger partial charge in [0.05, 0.1) is 0 Å². The van der Waals surface area contributed by atoms with E-state index in [1.807, 2.05) is 27.7 Å². The molecule has 0 heterocycles. The van der Waals surface area contributed by atoms with E-state index in [0.717, 1.165) is 12.5 Å². The zero-order valence-corrected chi connectivity index (χ0v) is 13.9. The van der Waals surface area contributed by atoms with Crippen molar-refractivity contribution in [1.29, 1.82) is 0 Å². The Hall–Kier alpha value is -0.433. The second-order valence-electron chi connectivity index (χ2n) is 5.12. The summed E-state index contributed by atoms with van der Waals surface area (Å²) >= 11 is 0. The predicted molar refractivity (Wildman–Crippen MR) is 78.6 cm³/mol. The summed E-state index contributed by atoms with van der Waals surface area (Å²) in [4.78, 5) is 11.0. The molecular formula is C13H29NO4Si. The van der Waals surface area contributed by atoms with Gasteiger partial charge in [0.15, 0.2) is 0 Å². The minimum absolute atomic E-state index is 0.0833. The van der Waals surface area contributed by atoms with Crippen molar-refractivity contribution in [2.24, 2.45) is 5.92 Å². The maximum atomic E-state index is 11.0. The lowest BCUT2D eigenvalue weighted by molar-refractivity contribution is -0.140. The summed E-state index contributed by atoms with van der Waals surface area (Å²) in [6, 6.07) is 0.402. The number of carboxylic acids is 1. The van der Waals surface area contributed by atoms with E-state index in [1.54, 1.807) is 0 Å². The van der Waals surface area contributed by atoms with Crippen LogP contribution in [0.2, 0.25) is 12.6 Å². The van der Waals surface area contributed by atoms with Gasteiger partial charge in [-0.25, -0.2) is 0 Å². The SMILES string of the molecule is CCO[Si](C)(CCCN[C@H](C(=O)O)C(C)C)OCC. The lowest BCUT2D eigenvalue weighted by atomic mass is 10.1. The highest BCUT2D eigenvalue weighted by molar-refractivity contribution is 6.66. The number of carboxylic acid groups (broad SMARTS) is 1. The largest absolute Gasteiger partial charge is 0.480 e. The van der Waals surface area contributed by atoms with Crippen LogP contribution in [0, 0.1) is 5.92 Å². The molecule has 0 bridgehead atoms. The molecule has 0 aromatic rings. The van der Waals surface area contributed by atoms with Gasteiger partial charge in [-0.15, -0.1) is 0 Å². The molecule has 0 saturated carbocycles. The molecule has 2 N–H and O–H groups in total.